The molecule has 3 aromatic rings. The van der Waals surface area contributed by atoms with E-state index in [1.165, 1.54) is 29.0 Å². The number of nitrogens with zero attached hydrogens (tertiary/aromatic N) is 2. The zero-order chi connectivity index (χ0) is 24.2. The van der Waals surface area contributed by atoms with Crippen LogP contribution in [0.5, 0.6) is 0 Å². The Balaban J connectivity index is 1.73. The summed E-state index contributed by atoms with van der Waals surface area (Å²) in [7, 11) is 0. The van der Waals surface area contributed by atoms with Gasteiger partial charge in [0.1, 0.15) is 0 Å². The molecule has 1 aliphatic heterocycles. The van der Waals surface area contributed by atoms with Crippen molar-refractivity contribution in [3.05, 3.63) is 68.8 Å². The molecule has 176 valence electrons. The van der Waals surface area contributed by atoms with Crippen LogP contribution in [-0.4, -0.2) is 58.2 Å². The number of aryl methyl sites for hydroxylation is 2. The number of rotatable bonds is 9. The standard InChI is InChI=1S/C26H26N2O4Se2/c1-3-18(15-23-27(12-10-25(29)30)19-6-4-5-7-21(19)33-23)16-24-28(13-11-26(31)32)20-14-17(2)8-9-22(20)34-24/h4-9,14-16H,3,10-13H2,1-2H3,(H-,29,30,31,32)/p+1. The van der Waals surface area contributed by atoms with Crippen LogP contribution in [0.15, 0.2) is 58.7 Å². The van der Waals surface area contributed by atoms with Gasteiger partial charge in [0, 0.05) is 0 Å². The third-order valence-electron chi connectivity index (χ3n) is 5.65. The number of carboxylic acids is 2. The van der Waals surface area contributed by atoms with E-state index in [1.807, 2.05) is 12.1 Å². The summed E-state index contributed by atoms with van der Waals surface area (Å²) in [5.41, 5.74) is 4.57. The number of allylic oxidation sites excluding steroid dienone is 2. The second-order valence-electron chi connectivity index (χ2n) is 8.13. The van der Waals surface area contributed by atoms with E-state index in [9.17, 15) is 19.8 Å². The number of carbonyl (C=O) groups is 2. The van der Waals surface area contributed by atoms with E-state index in [1.54, 1.807) is 0 Å². The first kappa shape index (κ1) is 24.5. The molecule has 2 heterocycles. The molecule has 34 heavy (non-hydrogen) atoms. The third kappa shape index (κ3) is 5.53. The van der Waals surface area contributed by atoms with E-state index in [0.717, 1.165) is 17.6 Å². The molecule has 0 saturated heterocycles. The van der Waals surface area contributed by atoms with Gasteiger partial charge < -0.3 is 0 Å². The second-order valence-corrected chi connectivity index (χ2v) is 12.6. The van der Waals surface area contributed by atoms with Crippen molar-refractivity contribution < 1.29 is 24.4 Å². The maximum atomic E-state index is 11.3. The minimum atomic E-state index is -0.797. The number of fused-ring (bicyclic) bond motifs is 2. The van der Waals surface area contributed by atoms with E-state index >= 15 is 0 Å². The molecule has 0 radical (unpaired) electrons. The predicted molar refractivity (Wildman–Crippen MR) is 136 cm³/mol. The number of aromatic nitrogens is 1. The van der Waals surface area contributed by atoms with Crippen LogP contribution >= 0.6 is 0 Å². The van der Waals surface area contributed by atoms with E-state index < -0.39 is 11.9 Å². The zero-order valence-electron chi connectivity index (χ0n) is 19.2. The van der Waals surface area contributed by atoms with E-state index in [2.05, 4.69) is 65.8 Å². The number of benzene rings is 2. The molecule has 2 aromatic carbocycles. The summed E-state index contributed by atoms with van der Waals surface area (Å²) >= 11 is 0.213. The van der Waals surface area contributed by atoms with Crippen molar-refractivity contribution in [1.82, 2.24) is 0 Å². The Hall–Kier alpha value is -2.63. The van der Waals surface area contributed by atoms with Crippen LogP contribution in [0, 0.1) is 6.92 Å². The van der Waals surface area contributed by atoms with Crippen LogP contribution in [0.1, 0.15) is 36.3 Å². The number of para-hydroxylation sites is 1. The first-order chi connectivity index (χ1) is 16.4. The van der Waals surface area contributed by atoms with Crippen molar-refractivity contribution in [2.45, 2.75) is 39.7 Å². The molecule has 6 nitrogen and oxygen atoms in total. The normalized spacial score (nSPS) is 14.7. The Morgan fingerprint density at radius 1 is 1.09 bits per heavy atom. The zero-order valence-corrected chi connectivity index (χ0v) is 22.6. The van der Waals surface area contributed by atoms with E-state index in [0.29, 0.717) is 13.1 Å². The molecule has 0 fully saturated rings. The Morgan fingerprint density at radius 3 is 2.59 bits per heavy atom. The first-order valence-electron chi connectivity index (χ1n) is 11.2. The molecule has 0 bridgehead atoms. The van der Waals surface area contributed by atoms with Gasteiger partial charge in [-0.25, -0.2) is 0 Å². The number of hydrogen-bond acceptors (Lipinski definition) is 3. The summed E-state index contributed by atoms with van der Waals surface area (Å²) in [6.45, 7) is 5.09. The summed E-state index contributed by atoms with van der Waals surface area (Å²) in [6.07, 6.45) is 5.45. The quantitative estimate of drug-likeness (QED) is 0.297. The summed E-state index contributed by atoms with van der Waals surface area (Å²) in [4.78, 5) is 24.7. The fourth-order valence-electron chi connectivity index (χ4n) is 3.92. The van der Waals surface area contributed by atoms with Gasteiger partial charge in [-0.05, 0) is 0 Å². The maximum absolute atomic E-state index is 11.3. The Bertz CT molecular complexity index is 1310. The Labute approximate surface area is 211 Å². The van der Waals surface area contributed by atoms with Gasteiger partial charge in [-0.3, -0.25) is 0 Å². The Kier molecular flexibility index (Phi) is 7.74. The molecule has 8 heteroatoms. The number of hydrogen-bond donors (Lipinski definition) is 2. The average molecular weight is 589 g/mol. The van der Waals surface area contributed by atoms with Gasteiger partial charge >= 0.3 is 212 Å². The van der Waals surface area contributed by atoms with Gasteiger partial charge in [0.25, 0.3) is 0 Å². The van der Waals surface area contributed by atoms with Gasteiger partial charge in [-0.15, -0.1) is 0 Å². The summed E-state index contributed by atoms with van der Waals surface area (Å²) in [5, 5.41) is 18.5. The van der Waals surface area contributed by atoms with Crippen LogP contribution in [0.2, 0.25) is 0 Å². The van der Waals surface area contributed by atoms with Crippen molar-refractivity contribution in [3.8, 4) is 0 Å². The molecule has 0 aliphatic carbocycles. The van der Waals surface area contributed by atoms with Crippen LogP contribution in [0.4, 0.5) is 5.69 Å². The molecule has 0 spiro atoms. The topological polar surface area (TPSA) is 81.7 Å². The molecule has 1 aromatic heterocycles. The number of aliphatic carboxylic acids is 2. The predicted octanol–water partition coefficient (Wildman–Crippen LogP) is 2.93. The van der Waals surface area contributed by atoms with Crippen LogP contribution < -0.4 is 13.9 Å². The van der Waals surface area contributed by atoms with Gasteiger partial charge in [0.05, 0.1) is 0 Å². The van der Waals surface area contributed by atoms with Crippen molar-refractivity contribution in [3.63, 3.8) is 0 Å². The summed E-state index contributed by atoms with van der Waals surface area (Å²) in [6, 6.07) is 14.6. The van der Waals surface area contributed by atoms with Crippen LogP contribution in [0.3, 0.4) is 0 Å². The monoisotopic (exact) mass is 591 g/mol. The fraction of sp³-hybridized carbons (Fsp3) is 0.269. The minimum absolute atomic E-state index is 0.0880. The third-order valence-corrected chi connectivity index (χ3v) is 10.3. The summed E-state index contributed by atoms with van der Waals surface area (Å²) in [5.74, 6) is -1.59. The van der Waals surface area contributed by atoms with Crippen molar-refractivity contribution in [2.75, 3.05) is 11.4 Å². The van der Waals surface area contributed by atoms with E-state index in [4.69, 9.17) is 0 Å². The second kappa shape index (κ2) is 10.7. The molecule has 0 atom stereocenters. The van der Waals surface area contributed by atoms with Gasteiger partial charge in [0.15, 0.2) is 0 Å². The van der Waals surface area contributed by atoms with E-state index in [-0.39, 0.29) is 42.3 Å². The molecule has 1 aliphatic rings. The fourth-order valence-corrected chi connectivity index (χ4v) is 8.76. The summed E-state index contributed by atoms with van der Waals surface area (Å²) < 4.78 is 7.03. The molecule has 0 saturated carbocycles. The van der Waals surface area contributed by atoms with Gasteiger partial charge in [-0.2, -0.15) is 0 Å². The molecular formula is C26H27N2O4Se2+. The molecule has 4 rings (SSSR count). The van der Waals surface area contributed by atoms with Crippen LogP contribution in [0.25, 0.3) is 15.9 Å². The molecule has 0 amide bonds. The van der Waals surface area contributed by atoms with Crippen LogP contribution in [-0.2, 0) is 16.1 Å². The average Bonchev–Trinajstić information content (AvgIpc) is 3.32. The Morgan fingerprint density at radius 2 is 1.85 bits per heavy atom. The first-order valence-corrected chi connectivity index (χ1v) is 14.6. The van der Waals surface area contributed by atoms with Gasteiger partial charge in [0.2, 0.25) is 0 Å². The number of anilines is 1. The molecular weight excluding hydrogens is 562 g/mol. The molecule has 2 N–H and O–H groups in total. The molecule has 0 unspecified atom stereocenters. The van der Waals surface area contributed by atoms with Gasteiger partial charge in [-0.1, -0.05) is 0 Å². The van der Waals surface area contributed by atoms with Crippen molar-refractivity contribution in [2.24, 2.45) is 0 Å². The number of carboxylic acid groups (broad SMARTS) is 2. The van der Waals surface area contributed by atoms with Crippen molar-refractivity contribution >= 4 is 67.4 Å². The SMILES string of the molecule is CCC(/C=C1\[Se]c2ccc(C)cc2N1CCC(=O)O)=C\c1[se]c2ccccc2[n+]1CCC(=O)O. The van der Waals surface area contributed by atoms with Crippen molar-refractivity contribution in [1.29, 1.82) is 0 Å².